The molecular weight excluding hydrogens is 252 g/mol. The first-order valence-corrected chi connectivity index (χ1v) is 7.04. The van der Waals surface area contributed by atoms with Crippen molar-refractivity contribution in [3.63, 3.8) is 0 Å². The monoisotopic (exact) mass is 274 g/mol. The van der Waals surface area contributed by atoms with E-state index in [-0.39, 0.29) is 0 Å². The quantitative estimate of drug-likeness (QED) is 0.806. The summed E-state index contributed by atoms with van der Waals surface area (Å²) in [7, 11) is 1.93. The Kier molecular flexibility index (Phi) is 4.92. The SMILES string of the molecule is CCNc1ncnc(NCCc2ccn(C)n2)c1CC. The standard InChI is InChI=1S/C14H22N6/c1-4-12-13(15-5-2)17-10-18-14(12)16-8-6-11-7-9-20(3)19-11/h7,9-10H,4-6,8H2,1-3H3,(H2,15,16,17,18). The molecule has 6 nitrogen and oxygen atoms in total. The highest BCUT2D eigenvalue weighted by Crippen LogP contribution is 2.20. The van der Waals surface area contributed by atoms with E-state index in [1.54, 1.807) is 6.33 Å². The smallest absolute Gasteiger partial charge is 0.134 e. The molecule has 0 atom stereocenters. The Hall–Kier alpha value is -2.11. The van der Waals surface area contributed by atoms with Crippen LogP contribution in [0.1, 0.15) is 25.1 Å². The van der Waals surface area contributed by atoms with Gasteiger partial charge < -0.3 is 10.6 Å². The topological polar surface area (TPSA) is 67.7 Å². The first kappa shape index (κ1) is 14.3. The summed E-state index contributed by atoms with van der Waals surface area (Å²) in [4.78, 5) is 8.63. The molecule has 2 aromatic heterocycles. The van der Waals surface area contributed by atoms with Gasteiger partial charge in [-0.25, -0.2) is 9.97 Å². The van der Waals surface area contributed by atoms with Crippen molar-refractivity contribution in [2.45, 2.75) is 26.7 Å². The number of aromatic nitrogens is 4. The summed E-state index contributed by atoms with van der Waals surface area (Å²) in [5.74, 6) is 1.83. The first-order valence-electron chi connectivity index (χ1n) is 7.04. The van der Waals surface area contributed by atoms with E-state index in [0.29, 0.717) is 0 Å². The van der Waals surface area contributed by atoms with Gasteiger partial charge in [0.05, 0.1) is 5.69 Å². The van der Waals surface area contributed by atoms with Gasteiger partial charge >= 0.3 is 0 Å². The lowest BCUT2D eigenvalue weighted by atomic mass is 10.2. The van der Waals surface area contributed by atoms with E-state index in [1.807, 2.05) is 24.0 Å². The average Bonchev–Trinajstić information content (AvgIpc) is 2.85. The van der Waals surface area contributed by atoms with Crippen LogP contribution in [0.25, 0.3) is 0 Å². The fourth-order valence-electron chi connectivity index (χ4n) is 2.12. The summed E-state index contributed by atoms with van der Waals surface area (Å²) in [6, 6.07) is 2.03. The second kappa shape index (κ2) is 6.88. The van der Waals surface area contributed by atoms with E-state index >= 15 is 0 Å². The van der Waals surface area contributed by atoms with Crippen LogP contribution in [0.2, 0.25) is 0 Å². The van der Waals surface area contributed by atoms with E-state index < -0.39 is 0 Å². The van der Waals surface area contributed by atoms with Crippen molar-refractivity contribution in [1.29, 1.82) is 0 Å². The molecule has 0 saturated heterocycles. The van der Waals surface area contributed by atoms with Gasteiger partial charge in [0, 0.05) is 38.3 Å². The van der Waals surface area contributed by atoms with Crippen LogP contribution >= 0.6 is 0 Å². The third-order valence-corrected chi connectivity index (χ3v) is 3.09. The van der Waals surface area contributed by atoms with Gasteiger partial charge in [0.15, 0.2) is 0 Å². The van der Waals surface area contributed by atoms with Gasteiger partial charge in [-0.1, -0.05) is 6.92 Å². The molecule has 2 heterocycles. The zero-order valence-electron chi connectivity index (χ0n) is 12.3. The lowest BCUT2D eigenvalue weighted by Gasteiger charge is -2.13. The maximum Gasteiger partial charge on any atom is 0.134 e. The maximum atomic E-state index is 4.36. The molecule has 2 rings (SSSR count). The van der Waals surface area contributed by atoms with Gasteiger partial charge in [-0.15, -0.1) is 0 Å². The number of hydrogen-bond donors (Lipinski definition) is 2. The molecule has 0 aromatic carbocycles. The van der Waals surface area contributed by atoms with E-state index in [1.165, 1.54) is 0 Å². The van der Waals surface area contributed by atoms with Crippen molar-refractivity contribution in [2.24, 2.45) is 7.05 Å². The zero-order valence-corrected chi connectivity index (χ0v) is 12.3. The minimum Gasteiger partial charge on any atom is -0.370 e. The lowest BCUT2D eigenvalue weighted by Crippen LogP contribution is -2.12. The normalized spacial score (nSPS) is 10.6. The minimum atomic E-state index is 0.812. The highest BCUT2D eigenvalue weighted by Gasteiger charge is 2.08. The van der Waals surface area contributed by atoms with Crippen molar-refractivity contribution in [3.05, 3.63) is 29.8 Å². The third kappa shape index (κ3) is 3.46. The van der Waals surface area contributed by atoms with Gasteiger partial charge in [-0.2, -0.15) is 5.10 Å². The van der Waals surface area contributed by atoms with Crippen molar-refractivity contribution in [3.8, 4) is 0 Å². The second-order valence-corrected chi connectivity index (χ2v) is 4.59. The molecule has 0 aliphatic heterocycles. The van der Waals surface area contributed by atoms with Crippen LogP contribution in [0.3, 0.4) is 0 Å². The number of rotatable bonds is 7. The van der Waals surface area contributed by atoms with Crippen LogP contribution in [-0.2, 0) is 19.9 Å². The van der Waals surface area contributed by atoms with Crippen LogP contribution in [0.4, 0.5) is 11.6 Å². The molecule has 0 fully saturated rings. The van der Waals surface area contributed by atoms with Crippen LogP contribution < -0.4 is 10.6 Å². The number of nitrogens with one attached hydrogen (secondary N) is 2. The summed E-state index contributed by atoms with van der Waals surface area (Å²) in [6.07, 6.45) is 5.33. The summed E-state index contributed by atoms with van der Waals surface area (Å²) in [6.45, 7) is 5.85. The van der Waals surface area contributed by atoms with Crippen LogP contribution in [0.15, 0.2) is 18.6 Å². The summed E-state index contributed by atoms with van der Waals surface area (Å²) >= 11 is 0. The van der Waals surface area contributed by atoms with Gasteiger partial charge in [-0.3, -0.25) is 4.68 Å². The predicted octanol–water partition coefficient (Wildman–Crippen LogP) is 1.86. The minimum absolute atomic E-state index is 0.812. The van der Waals surface area contributed by atoms with Crippen LogP contribution in [-0.4, -0.2) is 32.8 Å². The Bertz CT molecular complexity index is 548. The molecule has 20 heavy (non-hydrogen) atoms. The van der Waals surface area contributed by atoms with Crippen LogP contribution in [0, 0.1) is 0 Å². The predicted molar refractivity (Wildman–Crippen MR) is 81.0 cm³/mol. The maximum absolute atomic E-state index is 4.36. The molecule has 6 heteroatoms. The Morgan fingerprint density at radius 2 is 1.90 bits per heavy atom. The van der Waals surface area contributed by atoms with Gasteiger partial charge in [0.2, 0.25) is 0 Å². The van der Waals surface area contributed by atoms with Crippen molar-refractivity contribution in [2.75, 3.05) is 23.7 Å². The van der Waals surface area contributed by atoms with E-state index in [2.05, 4.69) is 39.5 Å². The van der Waals surface area contributed by atoms with Gasteiger partial charge in [0.1, 0.15) is 18.0 Å². The van der Waals surface area contributed by atoms with Crippen molar-refractivity contribution in [1.82, 2.24) is 19.7 Å². The highest BCUT2D eigenvalue weighted by atomic mass is 15.2. The summed E-state index contributed by atoms with van der Waals surface area (Å²) < 4.78 is 1.82. The Morgan fingerprint density at radius 1 is 1.15 bits per heavy atom. The van der Waals surface area contributed by atoms with E-state index in [4.69, 9.17) is 0 Å². The fraction of sp³-hybridized carbons (Fsp3) is 0.500. The molecule has 2 aromatic rings. The zero-order chi connectivity index (χ0) is 14.4. The molecule has 0 bridgehead atoms. The Balaban J connectivity index is 1.99. The molecule has 0 radical (unpaired) electrons. The third-order valence-electron chi connectivity index (χ3n) is 3.09. The summed E-state index contributed by atoms with van der Waals surface area (Å²) in [5.41, 5.74) is 2.22. The lowest BCUT2D eigenvalue weighted by molar-refractivity contribution is 0.741. The molecule has 0 unspecified atom stereocenters. The number of anilines is 2. The first-order chi connectivity index (χ1) is 9.74. The van der Waals surface area contributed by atoms with E-state index in [0.717, 1.165) is 48.8 Å². The largest absolute Gasteiger partial charge is 0.370 e. The number of aryl methyl sites for hydroxylation is 1. The van der Waals surface area contributed by atoms with Crippen molar-refractivity contribution < 1.29 is 0 Å². The van der Waals surface area contributed by atoms with E-state index in [9.17, 15) is 0 Å². The molecule has 0 spiro atoms. The molecule has 2 N–H and O–H groups in total. The molecule has 0 saturated carbocycles. The Labute approximate surface area is 119 Å². The fourth-order valence-corrected chi connectivity index (χ4v) is 2.12. The average molecular weight is 274 g/mol. The van der Waals surface area contributed by atoms with Crippen molar-refractivity contribution >= 4 is 11.6 Å². The molecule has 0 amide bonds. The highest BCUT2D eigenvalue weighted by molar-refractivity contribution is 5.57. The second-order valence-electron chi connectivity index (χ2n) is 4.59. The van der Waals surface area contributed by atoms with Gasteiger partial charge in [-0.05, 0) is 19.4 Å². The Morgan fingerprint density at radius 3 is 2.50 bits per heavy atom. The number of nitrogens with zero attached hydrogens (tertiary/aromatic N) is 4. The number of hydrogen-bond acceptors (Lipinski definition) is 5. The summed E-state index contributed by atoms with van der Waals surface area (Å²) in [5, 5.41) is 11.0. The molecule has 0 aliphatic rings. The van der Waals surface area contributed by atoms with Gasteiger partial charge in [0.25, 0.3) is 0 Å². The molecule has 108 valence electrons. The van der Waals surface area contributed by atoms with Crippen LogP contribution in [0.5, 0.6) is 0 Å². The molecular formula is C14H22N6. The molecule has 0 aliphatic carbocycles.